The van der Waals surface area contributed by atoms with Crippen LogP contribution in [-0.4, -0.2) is 30.2 Å². The molecule has 4 heteroatoms. The molecule has 1 rings (SSSR count). The van der Waals surface area contributed by atoms with Crippen molar-refractivity contribution in [1.82, 2.24) is 0 Å². The Hall–Kier alpha value is -0.710. The van der Waals surface area contributed by atoms with Crippen LogP contribution in [0.25, 0.3) is 0 Å². The lowest BCUT2D eigenvalue weighted by Crippen LogP contribution is -2.13. The fraction of sp³-hybridized carbons (Fsp3) is 0.462. The number of hydrogen-bond donors (Lipinski definition) is 1. The molecule has 94 valence electrons. The number of ketones is 1. The average Bonchev–Trinajstić information content (AvgIpc) is 2.34. The van der Waals surface area contributed by atoms with Crippen LogP contribution in [0.5, 0.6) is 0 Å². The van der Waals surface area contributed by atoms with Gasteiger partial charge in [-0.25, -0.2) is 0 Å². The molecule has 0 saturated carbocycles. The summed E-state index contributed by atoms with van der Waals surface area (Å²) in [6.07, 6.45) is 1.14. The van der Waals surface area contributed by atoms with Gasteiger partial charge in [0.1, 0.15) is 0 Å². The van der Waals surface area contributed by atoms with E-state index in [0.29, 0.717) is 19.4 Å². The molecule has 1 atom stereocenters. The van der Waals surface area contributed by atoms with Gasteiger partial charge in [-0.2, -0.15) is 0 Å². The van der Waals surface area contributed by atoms with Crippen LogP contribution in [-0.2, 0) is 4.74 Å². The smallest absolute Gasteiger partial charge is 0.162 e. The fourth-order valence-electron chi connectivity index (χ4n) is 1.45. The minimum atomic E-state index is 0.00143. The minimum absolute atomic E-state index is 0.00143. The van der Waals surface area contributed by atoms with Crippen molar-refractivity contribution in [2.45, 2.75) is 25.9 Å². The van der Waals surface area contributed by atoms with Crippen LogP contribution in [0, 0.1) is 0 Å². The highest BCUT2D eigenvalue weighted by Crippen LogP contribution is 2.13. The van der Waals surface area contributed by atoms with E-state index in [1.165, 1.54) is 0 Å². The molecule has 0 fully saturated rings. The van der Waals surface area contributed by atoms with Crippen molar-refractivity contribution in [3.63, 3.8) is 0 Å². The predicted molar refractivity (Wildman–Crippen MR) is 70.2 cm³/mol. The number of rotatable bonds is 7. The molecule has 0 radical (unpaired) electrons. The zero-order valence-electron chi connectivity index (χ0n) is 9.86. The Labute approximate surface area is 110 Å². The van der Waals surface area contributed by atoms with Crippen LogP contribution < -0.4 is 0 Å². The largest absolute Gasteiger partial charge is 0.394 e. The van der Waals surface area contributed by atoms with Crippen molar-refractivity contribution >= 4 is 21.7 Å². The Morgan fingerprint density at radius 1 is 1.41 bits per heavy atom. The van der Waals surface area contributed by atoms with E-state index >= 15 is 0 Å². The van der Waals surface area contributed by atoms with Gasteiger partial charge in [0.15, 0.2) is 5.78 Å². The Morgan fingerprint density at radius 2 is 2.06 bits per heavy atom. The Bertz CT molecular complexity index is 348. The first-order valence-electron chi connectivity index (χ1n) is 5.64. The van der Waals surface area contributed by atoms with Crippen LogP contribution in [0.4, 0.5) is 0 Å². The van der Waals surface area contributed by atoms with Crippen molar-refractivity contribution in [3.8, 4) is 0 Å². The van der Waals surface area contributed by atoms with Crippen molar-refractivity contribution in [1.29, 1.82) is 0 Å². The lowest BCUT2D eigenvalue weighted by molar-refractivity contribution is 0.0334. The maximum atomic E-state index is 11.8. The van der Waals surface area contributed by atoms with Crippen LogP contribution in [0.3, 0.4) is 0 Å². The summed E-state index contributed by atoms with van der Waals surface area (Å²) in [7, 11) is 0. The molecule has 1 aromatic rings. The zero-order valence-corrected chi connectivity index (χ0v) is 11.4. The van der Waals surface area contributed by atoms with Gasteiger partial charge in [-0.1, -0.05) is 28.1 Å². The van der Waals surface area contributed by atoms with Gasteiger partial charge < -0.3 is 9.84 Å². The van der Waals surface area contributed by atoms with Crippen molar-refractivity contribution in [2.24, 2.45) is 0 Å². The quantitative estimate of drug-likeness (QED) is 0.788. The number of carbonyl (C=O) groups is 1. The van der Waals surface area contributed by atoms with Crippen molar-refractivity contribution < 1.29 is 14.6 Å². The summed E-state index contributed by atoms with van der Waals surface area (Å²) in [6, 6.07) is 7.34. The summed E-state index contributed by atoms with van der Waals surface area (Å²) < 4.78 is 6.25. The van der Waals surface area contributed by atoms with Gasteiger partial charge in [-0.15, -0.1) is 0 Å². The van der Waals surface area contributed by atoms with Crippen molar-refractivity contribution in [2.75, 3.05) is 13.2 Å². The van der Waals surface area contributed by atoms with Gasteiger partial charge >= 0.3 is 0 Å². The number of hydrogen-bond acceptors (Lipinski definition) is 3. The first-order valence-corrected chi connectivity index (χ1v) is 6.44. The van der Waals surface area contributed by atoms with Crippen LogP contribution in [0.15, 0.2) is 28.7 Å². The number of aliphatic hydroxyl groups is 1. The van der Waals surface area contributed by atoms with E-state index < -0.39 is 0 Å². The fourth-order valence-corrected chi connectivity index (χ4v) is 1.72. The molecule has 1 unspecified atom stereocenters. The molecule has 1 aromatic carbocycles. The Kier molecular flexibility index (Phi) is 6.40. The highest BCUT2D eigenvalue weighted by Gasteiger charge is 2.09. The highest BCUT2D eigenvalue weighted by atomic mass is 79.9. The molecule has 0 saturated heterocycles. The van der Waals surface area contributed by atoms with Gasteiger partial charge in [0.25, 0.3) is 0 Å². The summed E-state index contributed by atoms with van der Waals surface area (Å²) in [4.78, 5) is 11.8. The SMILES string of the molecule is CC(CCC(=O)c1ccc(Br)cc1)OCCO. The first kappa shape index (κ1) is 14.4. The highest BCUT2D eigenvalue weighted by molar-refractivity contribution is 9.10. The molecule has 0 aliphatic carbocycles. The lowest BCUT2D eigenvalue weighted by Gasteiger charge is -2.11. The molecule has 0 amide bonds. The zero-order chi connectivity index (χ0) is 12.7. The first-order chi connectivity index (χ1) is 8.13. The van der Waals surface area contributed by atoms with Crippen LogP contribution in [0.2, 0.25) is 0 Å². The third-order valence-corrected chi connectivity index (χ3v) is 2.97. The van der Waals surface area contributed by atoms with Crippen molar-refractivity contribution in [3.05, 3.63) is 34.3 Å². The maximum absolute atomic E-state index is 11.8. The van der Waals surface area contributed by atoms with Gasteiger partial charge in [-0.3, -0.25) is 4.79 Å². The molecule has 0 spiro atoms. The molecule has 0 bridgehead atoms. The van der Waals surface area contributed by atoms with Gasteiger partial charge in [0.2, 0.25) is 0 Å². The van der Waals surface area contributed by atoms with E-state index in [0.717, 1.165) is 10.0 Å². The van der Waals surface area contributed by atoms with Gasteiger partial charge in [0, 0.05) is 16.5 Å². The summed E-state index contributed by atoms with van der Waals surface area (Å²) in [6.45, 7) is 2.25. The Morgan fingerprint density at radius 3 is 2.65 bits per heavy atom. The Balaban J connectivity index is 2.36. The second-order valence-corrected chi connectivity index (χ2v) is 4.79. The second-order valence-electron chi connectivity index (χ2n) is 3.87. The van der Waals surface area contributed by atoms with E-state index in [1.54, 1.807) is 0 Å². The second kappa shape index (κ2) is 7.58. The van der Waals surface area contributed by atoms with E-state index in [9.17, 15) is 4.79 Å². The summed E-state index contributed by atoms with van der Waals surface area (Å²) in [5.41, 5.74) is 0.725. The predicted octanol–water partition coefficient (Wildman–Crippen LogP) is 2.81. The molecule has 0 aliphatic heterocycles. The lowest BCUT2D eigenvalue weighted by atomic mass is 10.1. The number of aliphatic hydroxyl groups excluding tert-OH is 1. The molecular weight excluding hydrogens is 284 g/mol. The van der Waals surface area contributed by atoms with E-state index in [1.807, 2.05) is 31.2 Å². The molecule has 0 heterocycles. The number of Topliss-reactive ketones (excluding diaryl/α,β-unsaturated/α-hetero) is 1. The molecule has 0 aliphatic rings. The van der Waals surface area contributed by atoms with Gasteiger partial charge in [0.05, 0.1) is 19.3 Å². The third kappa shape index (κ3) is 5.44. The van der Waals surface area contributed by atoms with Crippen LogP contribution >= 0.6 is 15.9 Å². The molecular formula is C13H17BrO3. The normalized spacial score (nSPS) is 12.4. The molecule has 3 nitrogen and oxygen atoms in total. The number of benzene rings is 1. The summed E-state index contributed by atoms with van der Waals surface area (Å²) in [5.74, 6) is 0.122. The molecule has 0 aromatic heterocycles. The van der Waals surface area contributed by atoms with Crippen LogP contribution in [0.1, 0.15) is 30.1 Å². The topological polar surface area (TPSA) is 46.5 Å². The molecule has 1 N–H and O–H groups in total. The van der Waals surface area contributed by atoms with E-state index in [2.05, 4.69) is 15.9 Å². The average molecular weight is 301 g/mol. The summed E-state index contributed by atoms with van der Waals surface area (Å²) >= 11 is 3.33. The third-order valence-electron chi connectivity index (χ3n) is 2.44. The van der Waals surface area contributed by atoms with E-state index in [-0.39, 0.29) is 18.5 Å². The molecule has 17 heavy (non-hydrogen) atoms. The number of halogens is 1. The summed E-state index contributed by atoms with van der Waals surface area (Å²) in [5, 5.41) is 8.60. The standard InChI is InChI=1S/C13H17BrO3/c1-10(17-9-8-15)2-7-13(16)11-3-5-12(14)6-4-11/h3-6,10,15H,2,7-9H2,1H3. The van der Waals surface area contributed by atoms with E-state index in [4.69, 9.17) is 9.84 Å². The number of ether oxygens (including phenoxy) is 1. The maximum Gasteiger partial charge on any atom is 0.162 e. The number of carbonyl (C=O) groups excluding carboxylic acids is 1. The van der Waals surface area contributed by atoms with Gasteiger partial charge in [-0.05, 0) is 25.5 Å². The monoisotopic (exact) mass is 300 g/mol. The minimum Gasteiger partial charge on any atom is -0.394 e.